The maximum absolute atomic E-state index is 12.5. The van der Waals surface area contributed by atoms with Gasteiger partial charge in [0.2, 0.25) is 0 Å². The molecule has 2 heterocycles. The summed E-state index contributed by atoms with van der Waals surface area (Å²) in [5.41, 5.74) is -0.851. The normalized spacial score (nSPS) is 15.2. The minimum absolute atomic E-state index is 0.181. The number of hydrogen-bond donors (Lipinski definition) is 0. The maximum atomic E-state index is 12.5. The predicted molar refractivity (Wildman–Crippen MR) is 88.4 cm³/mol. The van der Waals surface area contributed by atoms with Crippen LogP contribution in [0.25, 0.3) is 0 Å². The quantitative estimate of drug-likeness (QED) is 0.680. The van der Waals surface area contributed by atoms with E-state index in [9.17, 15) is 21.9 Å². The summed E-state index contributed by atoms with van der Waals surface area (Å²) in [4.78, 5) is 13.6. The van der Waals surface area contributed by atoms with E-state index < -0.39 is 17.3 Å². The lowest BCUT2D eigenvalue weighted by molar-refractivity contribution is -0.137. The first-order chi connectivity index (χ1) is 11.8. The molecule has 1 aliphatic rings. The summed E-state index contributed by atoms with van der Waals surface area (Å²) in [6.07, 6.45) is -3.27. The molecule has 0 atom stereocenters. The number of rotatable bonds is 4. The minimum Gasteiger partial charge on any atom is -0.487 e. The van der Waals surface area contributed by atoms with E-state index in [-0.39, 0.29) is 22.9 Å². The maximum Gasteiger partial charge on any atom is 0.416 e. The van der Waals surface area contributed by atoms with Gasteiger partial charge in [-0.3, -0.25) is 4.79 Å². The Morgan fingerprint density at radius 2 is 1.88 bits per heavy atom. The summed E-state index contributed by atoms with van der Waals surface area (Å²) < 4.78 is 56.4. The van der Waals surface area contributed by atoms with E-state index in [1.165, 1.54) is 18.3 Å². The van der Waals surface area contributed by atoms with Gasteiger partial charge in [0.25, 0.3) is 5.56 Å². The van der Waals surface area contributed by atoms with Crippen molar-refractivity contribution < 1.29 is 21.8 Å². The SMILES string of the molecule is O=c1c(Br)c(N2CC(Oc3ccc(C(F)(F)F)cc3)C2)cnn1SF. The Balaban J connectivity index is 1.62. The van der Waals surface area contributed by atoms with Crippen molar-refractivity contribution in [2.24, 2.45) is 0 Å². The van der Waals surface area contributed by atoms with Gasteiger partial charge in [0.1, 0.15) is 16.3 Å². The Bertz CT molecular complexity index is 822. The zero-order chi connectivity index (χ0) is 18.2. The number of benzene rings is 1. The highest BCUT2D eigenvalue weighted by Gasteiger charge is 2.32. The monoisotopic (exact) mass is 439 g/mol. The summed E-state index contributed by atoms with van der Waals surface area (Å²) in [6, 6.07) is 4.45. The van der Waals surface area contributed by atoms with Crippen LogP contribution in [0, 0.1) is 0 Å². The number of aromatic nitrogens is 2. The average Bonchev–Trinajstić information content (AvgIpc) is 2.53. The molecule has 2 aromatic rings. The zero-order valence-corrected chi connectivity index (χ0v) is 14.7. The third kappa shape index (κ3) is 3.76. The molecule has 25 heavy (non-hydrogen) atoms. The lowest BCUT2D eigenvalue weighted by Crippen LogP contribution is -2.54. The van der Waals surface area contributed by atoms with E-state index in [1.807, 2.05) is 0 Å². The Morgan fingerprint density at radius 3 is 2.44 bits per heavy atom. The fraction of sp³-hybridized carbons (Fsp3) is 0.286. The molecule has 0 saturated carbocycles. The molecule has 0 unspecified atom stereocenters. The van der Waals surface area contributed by atoms with Crippen LogP contribution in [0.2, 0.25) is 0 Å². The van der Waals surface area contributed by atoms with Crippen molar-refractivity contribution in [1.82, 2.24) is 9.19 Å². The van der Waals surface area contributed by atoms with Gasteiger partial charge in [0, 0.05) is 0 Å². The van der Waals surface area contributed by atoms with Crippen molar-refractivity contribution in [2.75, 3.05) is 18.0 Å². The first-order valence-electron chi connectivity index (χ1n) is 6.95. The number of nitrogens with zero attached hydrogens (tertiary/aromatic N) is 3. The van der Waals surface area contributed by atoms with Crippen molar-refractivity contribution in [3.63, 3.8) is 0 Å². The van der Waals surface area contributed by atoms with E-state index in [0.717, 1.165) is 12.1 Å². The lowest BCUT2D eigenvalue weighted by Gasteiger charge is -2.40. The molecule has 1 aromatic heterocycles. The Labute approximate surface area is 152 Å². The second-order valence-corrected chi connectivity index (χ2v) is 6.53. The molecular formula is C14H10BrF4N3O2S. The highest BCUT2D eigenvalue weighted by molar-refractivity contribution is 9.10. The first kappa shape index (κ1) is 18.1. The van der Waals surface area contributed by atoms with E-state index in [4.69, 9.17) is 4.74 Å². The fourth-order valence-corrected chi connectivity index (χ4v) is 3.18. The molecule has 1 aliphatic heterocycles. The van der Waals surface area contributed by atoms with Gasteiger partial charge in [0.05, 0.1) is 30.5 Å². The van der Waals surface area contributed by atoms with Gasteiger partial charge in [-0.1, -0.05) is 0 Å². The van der Waals surface area contributed by atoms with E-state index in [1.54, 1.807) is 4.90 Å². The molecular weight excluding hydrogens is 430 g/mol. The van der Waals surface area contributed by atoms with Gasteiger partial charge < -0.3 is 9.64 Å². The first-order valence-corrected chi connectivity index (χ1v) is 8.42. The Kier molecular flexibility index (Phi) is 4.96. The molecule has 0 bridgehead atoms. The Morgan fingerprint density at radius 1 is 1.24 bits per heavy atom. The van der Waals surface area contributed by atoms with Crippen LogP contribution in [0.4, 0.5) is 22.7 Å². The van der Waals surface area contributed by atoms with Crippen LogP contribution in [0.1, 0.15) is 5.56 Å². The van der Waals surface area contributed by atoms with Gasteiger partial charge in [-0.25, -0.2) is 0 Å². The van der Waals surface area contributed by atoms with Gasteiger partial charge in [0.15, 0.2) is 12.3 Å². The van der Waals surface area contributed by atoms with Gasteiger partial charge in [-0.15, -0.1) is 7.97 Å². The van der Waals surface area contributed by atoms with E-state index >= 15 is 0 Å². The molecule has 0 amide bonds. The molecule has 5 nitrogen and oxygen atoms in total. The molecule has 0 spiro atoms. The van der Waals surface area contributed by atoms with Crippen molar-refractivity contribution in [3.8, 4) is 5.75 Å². The second-order valence-electron chi connectivity index (χ2n) is 5.26. The Hall–Kier alpha value is -1.75. The molecule has 3 rings (SSSR count). The van der Waals surface area contributed by atoms with Crippen molar-refractivity contribution in [1.29, 1.82) is 0 Å². The van der Waals surface area contributed by atoms with Crippen molar-refractivity contribution in [3.05, 3.63) is 50.9 Å². The van der Waals surface area contributed by atoms with Crippen LogP contribution in [-0.4, -0.2) is 28.4 Å². The fourth-order valence-electron chi connectivity index (χ4n) is 2.30. The molecule has 0 aliphatic carbocycles. The second kappa shape index (κ2) is 6.87. The minimum atomic E-state index is -4.39. The molecule has 134 valence electrons. The zero-order valence-electron chi connectivity index (χ0n) is 12.3. The van der Waals surface area contributed by atoms with Gasteiger partial charge >= 0.3 is 6.18 Å². The number of hydrogen-bond acceptors (Lipinski definition) is 5. The van der Waals surface area contributed by atoms with Crippen molar-refractivity contribution >= 4 is 34.0 Å². The van der Waals surface area contributed by atoms with Crippen LogP contribution >= 0.6 is 28.3 Å². The summed E-state index contributed by atoms with van der Waals surface area (Å²) in [6.45, 7) is 0.848. The van der Waals surface area contributed by atoms with Crippen molar-refractivity contribution in [2.45, 2.75) is 12.3 Å². The van der Waals surface area contributed by atoms with Gasteiger partial charge in [-0.2, -0.15) is 18.3 Å². The van der Waals surface area contributed by atoms with Crippen LogP contribution in [0.15, 0.2) is 39.7 Å². The number of alkyl halides is 3. The third-order valence-corrected chi connectivity index (χ3v) is 4.75. The topological polar surface area (TPSA) is 47.4 Å². The van der Waals surface area contributed by atoms with Gasteiger partial charge in [-0.05, 0) is 40.2 Å². The van der Waals surface area contributed by atoms with Crippen LogP contribution in [0.3, 0.4) is 0 Å². The van der Waals surface area contributed by atoms with E-state index in [0.29, 0.717) is 28.6 Å². The largest absolute Gasteiger partial charge is 0.487 e. The smallest absolute Gasteiger partial charge is 0.416 e. The summed E-state index contributed by atoms with van der Waals surface area (Å²) in [7, 11) is 0. The molecule has 0 radical (unpaired) electrons. The third-order valence-electron chi connectivity index (χ3n) is 3.61. The van der Waals surface area contributed by atoms with Crippen LogP contribution in [-0.2, 0) is 6.18 Å². The standard InChI is InChI=1S/C14H10BrF4N3O2S/c15-12-11(5-20-22(25-19)13(12)23)21-6-10(7-21)24-9-3-1-8(2-4-9)14(16,17)18/h1-5,10H,6-7H2. The molecule has 1 fully saturated rings. The molecule has 1 aromatic carbocycles. The highest BCUT2D eigenvalue weighted by atomic mass is 79.9. The van der Waals surface area contributed by atoms with E-state index in [2.05, 4.69) is 21.0 Å². The molecule has 1 saturated heterocycles. The summed E-state index contributed by atoms with van der Waals surface area (Å²) >= 11 is 2.82. The predicted octanol–water partition coefficient (Wildman–Crippen LogP) is 3.67. The van der Waals surface area contributed by atoms with Crippen LogP contribution < -0.4 is 15.2 Å². The molecule has 11 heteroatoms. The summed E-state index contributed by atoms with van der Waals surface area (Å²) in [5, 5.41) is 3.68. The highest BCUT2D eigenvalue weighted by Crippen LogP contribution is 2.32. The van der Waals surface area contributed by atoms with Crippen LogP contribution in [0.5, 0.6) is 5.75 Å². The summed E-state index contributed by atoms with van der Waals surface area (Å²) in [5.74, 6) is 0.332. The number of halogens is 5. The number of anilines is 1. The number of ether oxygens (including phenoxy) is 1. The average molecular weight is 440 g/mol. The molecule has 0 N–H and O–H groups in total. The lowest BCUT2D eigenvalue weighted by atomic mass is 10.1.